The van der Waals surface area contributed by atoms with Crippen LogP contribution in [-0.2, 0) is 16.1 Å². The van der Waals surface area contributed by atoms with Crippen LogP contribution in [0.15, 0.2) is 89.6 Å². The molecule has 4 aromatic rings. The van der Waals surface area contributed by atoms with Gasteiger partial charge in [0.25, 0.3) is 5.91 Å². The molecule has 0 bridgehead atoms. The van der Waals surface area contributed by atoms with Gasteiger partial charge in [-0.2, -0.15) is 5.10 Å². The first-order chi connectivity index (χ1) is 15.1. The monoisotopic (exact) mass is 415 g/mol. The number of hydrogen-bond donors (Lipinski definition) is 1. The van der Waals surface area contributed by atoms with E-state index in [-0.39, 0.29) is 5.76 Å². The van der Waals surface area contributed by atoms with Gasteiger partial charge in [0, 0.05) is 23.6 Å². The topological polar surface area (TPSA) is 86.4 Å². The maximum atomic E-state index is 12.6. The number of anilines is 1. The SMILES string of the molecule is CC(OC(=O)c1ccc(Cn2cccn2)o1)C(=O)Nc1ccccc1-c1ccccc1. The quantitative estimate of drug-likeness (QED) is 0.453. The van der Waals surface area contributed by atoms with E-state index in [4.69, 9.17) is 9.15 Å². The van der Waals surface area contributed by atoms with E-state index in [0.29, 0.717) is 18.0 Å². The average Bonchev–Trinajstić information content (AvgIpc) is 3.47. The normalized spacial score (nSPS) is 11.6. The predicted octanol–water partition coefficient (Wildman–Crippen LogP) is 4.38. The Hall–Kier alpha value is -4.13. The Labute approximate surface area is 179 Å². The fraction of sp³-hybridized carbons (Fsp3) is 0.125. The molecule has 0 radical (unpaired) electrons. The molecule has 1 unspecified atom stereocenters. The molecule has 1 amide bonds. The molecule has 0 aliphatic rings. The summed E-state index contributed by atoms with van der Waals surface area (Å²) in [5.41, 5.74) is 2.49. The summed E-state index contributed by atoms with van der Waals surface area (Å²) in [6.07, 6.45) is 2.45. The van der Waals surface area contributed by atoms with Gasteiger partial charge in [0.05, 0.1) is 6.54 Å². The summed E-state index contributed by atoms with van der Waals surface area (Å²) in [6, 6.07) is 22.2. The van der Waals surface area contributed by atoms with Gasteiger partial charge in [-0.3, -0.25) is 9.48 Å². The third kappa shape index (κ3) is 4.90. The van der Waals surface area contributed by atoms with Gasteiger partial charge < -0.3 is 14.5 Å². The fourth-order valence-corrected chi connectivity index (χ4v) is 3.09. The molecule has 2 heterocycles. The van der Waals surface area contributed by atoms with Gasteiger partial charge in [0.15, 0.2) is 6.10 Å². The van der Waals surface area contributed by atoms with Crippen LogP contribution in [-0.4, -0.2) is 27.8 Å². The molecule has 1 atom stereocenters. The Balaban J connectivity index is 1.39. The largest absolute Gasteiger partial charge is 0.452 e. The van der Waals surface area contributed by atoms with Crippen molar-refractivity contribution in [1.82, 2.24) is 9.78 Å². The number of ether oxygens (including phenoxy) is 1. The highest BCUT2D eigenvalue weighted by Gasteiger charge is 2.22. The van der Waals surface area contributed by atoms with Gasteiger partial charge in [-0.25, -0.2) is 4.79 Å². The molecule has 0 fully saturated rings. The number of rotatable bonds is 7. The van der Waals surface area contributed by atoms with Gasteiger partial charge in [0.1, 0.15) is 5.76 Å². The number of carbonyl (C=O) groups is 2. The Morgan fingerprint density at radius 2 is 1.81 bits per heavy atom. The van der Waals surface area contributed by atoms with Gasteiger partial charge in [-0.15, -0.1) is 0 Å². The Kier molecular flexibility index (Phi) is 5.93. The standard InChI is InChI=1S/C24H21N3O4/c1-17(30-24(29)22-13-12-19(31-22)16-27-15-7-14-25-27)23(28)26-21-11-6-5-10-20(21)18-8-3-2-4-9-18/h2-15,17H,16H2,1H3,(H,26,28). The summed E-state index contributed by atoms with van der Waals surface area (Å²) < 4.78 is 12.5. The molecule has 0 spiro atoms. The molecule has 0 saturated carbocycles. The molecule has 7 nitrogen and oxygen atoms in total. The van der Waals surface area contributed by atoms with Crippen LogP contribution in [0.5, 0.6) is 0 Å². The molecule has 1 N–H and O–H groups in total. The highest BCUT2D eigenvalue weighted by atomic mass is 16.6. The smallest absolute Gasteiger partial charge is 0.375 e. The second-order valence-electron chi connectivity index (χ2n) is 6.92. The van der Waals surface area contributed by atoms with Crippen LogP contribution in [0.2, 0.25) is 0 Å². The first-order valence-electron chi connectivity index (χ1n) is 9.82. The van der Waals surface area contributed by atoms with Crippen molar-refractivity contribution in [2.45, 2.75) is 19.6 Å². The lowest BCUT2D eigenvalue weighted by Crippen LogP contribution is -2.30. The molecule has 156 valence electrons. The number of furan rings is 1. The third-order valence-corrected chi connectivity index (χ3v) is 4.66. The molecule has 4 rings (SSSR count). The number of aromatic nitrogens is 2. The van der Waals surface area contributed by atoms with Crippen molar-refractivity contribution in [2.24, 2.45) is 0 Å². The van der Waals surface area contributed by atoms with Crippen molar-refractivity contribution >= 4 is 17.6 Å². The number of para-hydroxylation sites is 1. The van der Waals surface area contributed by atoms with E-state index < -0.39 is 18.0 Å². The number of hydrogen-bond acceptors (Lipinski definition) is 5. The highest BCUT2D eigenvalue weighted by molar-refractivity contribution is 5.99. The van der Waals surface area contributed by atoms with E-state index in [1.165, 1.54) is 13.0 Å². The van der Waals surface area contributed by atoms with Gasteiger partial charge >= 0.3 is 5.97 Å². The van der Waals surface area contributed by atoms with Crippen LogP contribution in [0.25, 0.3) is 11.1 Å². The van der Waals surface area contributed by atoms with Crippen LogP contribution in [0.3, 0.4) is 0 Å². The van der Waals surface area contributed by atoms with Crippen molar-refractivity contribution in [3.63, 3.8) is 0 Å². The van der Waals surface area contributed by atoms with Crippen molar-refractivity contribution in [2.75, 3.05) is 5.32 Å². The molecule has 7 heteroatoms. The zero-order valence-corrected chi connectivity index (χ0v) is 16.9. The van der Waals surface area contributed by atoms with E-state index >= 15 is 0 Å². The molecular weight excluding hydrogens is 394 g/mol. The van der Waals surface area contributed by atoms with E-state index in [2.05, 4.69) is 10.4 Å². The summed E-state index contributed by atoms with van der Waals surface area (Å²) in [7, 11) is 0. The number of esters is 1. The first-order valence-corrected chi connectivity index (χ1v) is 9.82. The zero-order chi connectivity index (χ0) is 21.6. The lowest BCUT2D eigenvalue weighted by molar-refractivity contribution is -0.123. The summed E-state index contributed by atoms with van der Waals surface area (Å²) in [4.78, 5) is 25.0. The molecular formula is C24H21N3O4. The first kappa shape index (κ1) is 20.2. The summed E-state index contributed by atoms with van der Waals surface area (Å²) in [5, 5.41) is 6.94. The Bertz CT molecular complexity index is 1170. The molecule has 0 saturated heterocycles. The molecule has 0 aliphatic heterocycles. The maximum Gasteiger partial charge on any atom is 0.375 e. The van der Waals surface area contributed by atoms with Gasteiger partial charge in [-0.05, 0) is 36.8 Å². The number of benzene rings is 2. The average molecular weight is 415 g/mol. The van der Waals surface area contributed by atoms with Crippen molar-refractivity contribution in [1.29, 1.82) is 0 Å². The van der Waals surface area contributed by atoms with E-state index in [1.807, 2.05) is 54.6 Å². The summed E-state index contributed by atoms with van der Waals surface area (Å²) in [6.45, 7) is 1.92. The second kappa shape index (κ2) is 9.13. The summed E-state index contributed by atoms with van der Waals surface area (Å²) in [5.74, 6) is -0.540. The van der Waals surface area contributed by atoms with Crippen molar-refractivity contribution in [3.05, 3.63) is 96.7 Å². The number of nitrogens with one attached hydrogen (secondary N) is 1. The van der Waals surface area contributed by atoms with E-state index in [0.717, 1.165) is 11.1 Å². The van der Waals surface area contributed by atoms with Gasteiger partial charge in [-0.1, -0.05) is 48.5 Å². The zero-order valence-electron chi connectivity index (χ0n) is 16.9. The van der Waals surface area contributed by atoms with E-state index in [9.17, 15) is 9.59 Å². The van der Waals surface area contributed by atoms with Crippen molar-refractivity contribution < 1.29 is 18.7 Å². The number of carbonyl (C=O) groups excluding carboxylic acids is 2. The maximum absolute atomic E-state index is 12.6. The number of amides is 1. The third-order valence-electron chi connectivity index (χ3n) is 4.66. The minimum absolute atomic E-state index is 0.0338. The van der Waals surface area contributed by atoms with Crippen LogP contribution < -0.4 is 5.32 Å². The van der Waals surface area contributed by atoms with Crippen LogP contribution in [0.4, 0.5) is 5.69 Å². The molecule has 2 aromatic carbocycles. The van der Waals surface area contributed by atoms with E-state index in [1.54, 1.807) is 29.2 Å². The minimum Gasteiger partial charge on any atom is -0.452 e. The Morgan fingerprint density at radius 3 is 2.58 bits per heavy atom. The molecule has 31 heavy (non-hydrogen) atoms. The Morgan fingerprint density at radius 1 is 1.03 bits per heavy atom. The predicted molar refractivity (Wildman–Crippen MR) is 115 cm³/mol. The highest BCUT2D eigenvalue weighted by Crippen LogP contribution is 2.27. The summed E-state index contributed by atoms with van der Waals surface area (Å²) >= 11 is 0. The lowest BCUT2D eigenvalue weighted by Gasteiger charge is -2.15. The fourth-order valence-electron chi connectivity index (χ4n) is 3.09. The lowest BCUT2D eigenvalue weighted by atomic mass is 10.0. The molecule has 0 aliphatic carbocycles. The van der Waals surface area contributed by atoms with Crippen molar-refractivity contribution in [3.8, 4) is 11.1 Å². The van der Waals surface area contributed by atoms with Crippen LogP contribution >= 0.6 is 0 Å². The van der Waals surface area contributed by atoms with Crippen LogP contribution in [0, 0.1) is 0 Å². The second-order valence-corrected chi connectivity index (χ2v) is 6.92. The number of nitrogens with zero attached hydrogens (tertiary/aromatic N) is 2. The minimum atomic E-state index is -1.00. The van der Waals surface area contributed by atoms with Gasteiger partial charge in [0.2, 0.25) is 5.76 Å². The molecule has 2 aromatic heterocycles. The van der Waals surface area contributed by atoms with Crippen LogP contribution in [0.1, 0.15) is 23.2 Å².